The molecule has 0 spiro atoms. The lowest BCUT2D eigenvalue weighted by atomic mass is 10.0. The van der Waals surface area contributed by atoms with Crippen LogP contribution in [-0.4, -0.2) is 26.7 Å². The summed E-state index contributed by atoms with van der Waals surface area (Å²) in [5.41, 5.74) is 1.86. The Morgan fingerprint density at radius 1 is 0.868 bits per heavy atom. The molecule has 0 aromatic heterocycles. The predicted octanol–water partition coefficient (Wildman–Crippen LogP) is 5.63. The van der Waals surface area contributed by atoms with Crippen LogP contribution in [0.2, 0.25) is 5.02 Å². The molecule has 2 N–H and O–H groups in total. The SMILES string of the molecule is C[C@H](NS(=O)(=O)c1ccc(OCC(=O)Nc2ccc(Cl)cc2C(=O)c2ccccc2)cc1)c1ccccc1. The second-order valence-corrected chi connectivity index (χ2v) is 10.6. The number of halogens is 1. The van der Waals surface area contributed by atoms with Gasteiger partial charge < -0.3 is 10.1 Å². The lowest BCUT2D eigenvalue weighted by molar-refractivity contribution is -0.118. The highest BCUT2D eigenvalue weighted by Gasteiger charge is 2.19. The number of benzene rings is 4. The van der Waals surface area contributed by atoms with E-state index in [0.717, 1.165) is 5.56 Å². The number of hydrogen-bond donors (Lipinski definition) is 2. The van der Waals surface area contributed by atoms with E-state index in [-0.39, 0.29) is 22.8 Å². The van der Waals surface area contributed by atoms with Crippen LogP contribution in [0, 0.1) is 0 Å². The van der Waals surface area contributed by atoms with Crippen molar-refractivity contribution in [1.82, 2.24) is 4.72 Å². The average molecular weight is 549 g/mol. The number of ether oxygens (including phenoxy) is 1. The fraction of sp³-hybridized carbons (Fsp3) is 0.103. The Labute approximate surface area is 226 Å². The fourth-order valence-electron chi connectivity index (χ4n) is 3.72. The number of ketones is 1. The molecule has 38 heavy (non-hydrogen) atoms. The highest BCUT2D eigenvalue weighted by atomic mass is 35.5. The van der Waals surface area contributed by atoms with E-state index in [2.05, 4.69) is 10.0 Å². The summed E-state index contributed by atoms with van der Waals surface area (Å²) in [6, 6.07) is 27.9. The van der Waals surface area contributed by atoms with E-state index in [1.807, 2.05) is 30.3 Å². The van der Waals surface area contributed by atoms with Gasteiger partial charge in [-0.1, -0.05) is 72.3 Å². The molecule has 0 aliphatic carbocycles. The fourth-order valence-corrected chi connectivity index (χ4v) is 5.12. The lowest BCUT2D eigenvalue weighted by Gasteiger charge is -2.15. The van der Waals surface area contributed by atoms with Gasteiger partial charge in [-0.25, -0.2) is 13.1 Å². The number of nitrogens with one attached hydrogen (secondary N) is 2. The predicted molar refractivity (Wildman–Crippen MR) is 147 cm³/mol. The van der Waals surface area contributed by atoms with E-state index in [1.54, 1.807) is 49.4 Å². The van der Waals surface area contributed by atoms with Gasteiger partial charge in [-0.05, 0) is 55.0 Å². The van der Waals surface area contributed by atoms with E-state index in [4.69, 9.17) is 16.3 Å². The smallest absolute Gasteiger partial charge is 0.262 e. The number of rotatable bonds is 10. The number of carbonyl (C=O) groups is 2. The van der Waals surface area contributed by atoms with Crippen LogP contribution in [0.25, 0.3) is 0 Å². The number of carbonyl (C=O) groups excluding carboxylic acids is 2. The molecule has 0 heterocycles. The van der Waals surface area contributed by atoms with Crippen molar-refractivity contribution < 1.29 is 22.7 Å². The van der Waals surface area contributed by atoms with Gasteiger partial charge in [0, 0.05) is 22.2 Å². The minimum absolute atomic E-state index is 0.0716. The van der Waals surface area contributed by atoms with Gasteiger partial charge in [0.15, 0.2) is 12.4 Å². The molecule has 4 aromatic carbocycles. The van der Waals surface area contributed by atoms with Crippen LogP contribution >= 0.6 is 11.6 Å². The first kappa shape index (κ1) is 27.1. The van der Waals surface area contributed by atoms with Crippen molar-refractivity contribution in [3.63, 3.8) is 0 Å². The van der Waals surface area contributed by atoms with Crippen molar-refractivity contribution in [3.8, 4) is 5.75 Å². The van der Waals surface area contributed by atoms with Crippen LogP contribution in [0.4, 0.5) is 5.69 Å². The Morgan fingerprint density at radius 3 is 2.16 bits per heavy atom. The molecule has 0 radical (unpaired) electrons. The highest BCUT2D eigenvalue weighted by Crippen LogP contribution is 2.24. The quantitative estimate of drug-likeness (QED) is 0.250. The molecule has 0 aliphatic heterocycles. The second-order valence-electron chi connectivity index (χ2n) is 8.45. The van der Waals surface area contributed by atoms with Crippen molar-refractivity contribution in [2.45, 2.75) is 17.9 Å². The minimum Gasteiger partial charge on any atom is -0.484 e. The topological polar surface area (TPSA) is 102 Å². The van der Waals surface area contributed by atoms with Gasteiger partial charge in [0.05, 0.1) is 10.6 Å². The zero-order chi connectivity index (χ0) is 27.1. The molecule has 0 saturated carbocycles. The summed E-state index contributed by atoms with van der Waals surface area (Å²) in [7, 11) is -3.76. The van der Waals surface area contributed by atoms with Gasteiger partial charge in [0.25, 0.3) is 5.91 Å². The first-order valence-electron chi connectivity index (χ1n) is 11.7. The summed E-state index contributed by atoms with van der Waals surface area (Å²) >= 11 is 6.09. The van der Waals surface area contributed by atoms with Crippen molar-refractivity contribution in [2.75, 3.05) is 11.9 Å². The largest absolute Gasteiger partial charge is 0.484 e. The molecule has 0 fully saturated rings. The van der Waals surface area contributed by atoms with Gasteiger partial charge in [-0.3, -0.25) is 9.59 Å². The van der Waals surface area contributed by atoms with E-state index in [9.17, 15) is 18.0 Å². The van der Waals surface area contributed by atoms with Crippen LogP contribution in [0.1, 0.15) is 34.5 Å². The van der Waals surface area contributed by atoms with E-state index in [0.29, 0.717) is 22.0 Å². The van der Waals surface area contributed by atoms with Crippen LogP contribution in [0.5, 0.6) is 5.75 Å². The highest BCUT2D eigenvalue weighted by molar-refractivity contribution is 7.89. The Bertz CT molecular complexity index is 1530. The van der Waals surface area contributed by atoms with Gasteiger partial charge in [-0.15, -0.1) is 0 Å². The Hall–Kier alpha value is -3.98. The Morgan fingerprint density at radius 2 is 1.50 bits per heavy atom. The standard InChI is InChI=1S/C29H25ClN2O5S/c1-20(21-8-4-2-5-9-21)32-38(35,36)25-15-13-24(14-16-25)37-19-28(33)31-27-17-12-23(30)18-26(27)29(34)22-10-6-3-7-11-22/h2-18,20,32H,19H2,1H3,(H,31,33)/t20-/m0/s1. The lowest BCUT2D eigenvalue weighted by Crippen LogP contribution is -2.26. The van der Waals surface area contributed by atoms with Crippen LogP contribution in [-0.2, 0) is 14.8 Å². The number of anilines is 1. The number of amides is 1. The van der Waals surface area contributed by atoms with Crippen molar-refractivity contribution in [2.24, 2.45) is 0 Å². The summed E-state index contributed by atoms with van der Waals surface area (Å²) in [5, 5.41) is 3.04. The minimum atomic E-state index is -3.76. The molecule has 0 saturated heterocycles. The van der Waals surface area contributed by atoms with Crippen LogP contribution in [0.3, 0.4) is 0 Å². The van der Waals surface area contributed by atoms with Crippen LogP contribution < -0.4 is 14.8 Å². The maximum absolute atomic E-state index is 12.9. The first-order chi connectivity index (χ1) is 18.2. The maximum atomic E-state index is 12.9. The average Bonchev–Trinajstić information content (AvgIpc) is 2.93. The second kappa shape index (κ2) is 12.0. The molecule has 9 heteroatoms. The summed E-state index contributed by atoms with van der Waals surface area (Å²) in [6.45, 7) is 1.42. The molecule has 1 atom stereocenters. The zero-order valence-electron chi connectivity index (χ0n) is 20.4. The molecule has 194 valence electrons. The molecular formula is C29H25ClN2O5S. The molecular weight excluding hydrogens is 524 g/mol. The third-order valence-electron chi connectivity index (χ3n) is 5.67. The summed E-state index contributed by atoms with van der Waals surface area (Å²) in [6.07, 6.45) is 0. The first-order valence-corrected chi connectivity index (χ1v) is 13.6. The Balaban J connectivity index is 1.38. The van der Waals surface area contributed by atoms with Gasteiger partial charge in [0.2, 0.25) is 10.0 Å². The number of sulfonamides is 1. The molecule has 7 nitrogen and oxygen atoms in total. The van der Waals surface area contributed by atoms with Crippen LogP contribution in [0.15, 0.2) is 108 Å². The molecule has 1 amide bonds. The summed E-state index contributed by atoms with van der Waals surface area (Å²) in [5.74, 6) is -0.465. The molecule has 4 rings (SSSR count). The van der Waals surface area contributed by atoms with Gasteiger partial charge in [0.1, 0.15) is 5.75 Å². The summed E-state index contributed by atoms with van der Waals surface area (Å²) in [4.78, 5) is 25.6. The van der Waals surface area contributed by atoms with Gasteiger partial charge >= 0.3 is 0 Å². The van der Waals surface area contributed by atoms with Crippen molar-refractivity contribution in [3.05, 3.63) is 125 Å². The van der Waals surface area contributed by atoms with Crippen molar-refractivity contribution in [1.29, 1.82) is 0 Å². The normalized spacial score (nSPS) is 11.9. The number of hydrogen-bond acceptors (Lipinski definition) is 5. The molecule has 0 bridgehead atoms. The van der Waals surface area contributed by atoms with Crippen molar-refractivity contribution >= 4 is 39.0 Å². The zero-order valence-corrected chi connectivity index (χ0v) is 22.0. The summed E-state index contributed by atoms with van der Waals surface area (Å²) < 4.78 is 33.7. The van der Waals surface area contributed by atoms with E-state index >= 15 is 0 Å². The molecule has 0 unspecified atom stereocenters. The molecule has 4 aromatic rings. The third-order valence-corrected chi connectivity index (χ3v) is 7.46. The Kier molecular flexibility index (Phi) is 8.58. The van der Waals surface area contributed by atoms with E-state index in [1.165, 1.54) is 30.3 Å². The van der Waals surface area contributed by atoms with Gasteiger partial charge in [-0.2, -0.15) is 0 Å². The van der Waals surface area contributed by atoms with E-state index < -0.39 is 22.0 Å². The molecule has 0 aliphatic rings. The third kappa shape index (κ3) is 6.86. The maximum Gasteiger partial charge on any atom is 0.262 e. The monoisotopic (exact) mass is 548 g/mol.